The normalized spacial score (nSPS) is 26.5. The zero-order valence-corrected chi connectivity index (χ0v) is 13.5. The number of nitrogens with two attached hydrogens (primary N) is 1. The van der Waals surface area contributed by atoms with Gasteiger partial charge in [0.15, 0.2) is 0 Å². The van der Waals surface area contributed by atoms with Crippen molar-refractivity contribution in [2.75, 3.05) is 26.2 Å². The van der Waals surface area contributed by atoms with E-state index in [1.54, 1.807) is 0 Å². The lowest BCUT2D eigenvalue weighted by Crippen LogP contribution is -2.54. The summed E-state index contributed by atoms with van der Waals surface area (Å²) < 4.78 is 0. The first-order valence-electron chi connectivity index (χ1n) is 8.50. The highest BCUT2D eigenvalue weighted by molar-refractivity contribution is 5.30. The van der Waals surface area contributed by atoms with Crippen LogP contribution in [0.1, 0.15) is 43.4 Å². The van der Waals surface area contributed by atoms with Crippen molar-refractivity contribution in [2.24, 2.45) is 5.73 Å². The van der Waals surface area contributed by atoms with Gasteiger partial charge in [0.25, 0.3) is 0 Å². The number of nitrogens with zero attached hydrogens (tertiary/aromatic N) is 2. The fourth-order valence-corrected chi connectivity index (χ4v) is 4.11. The molecular formula is C18H29N3. The van der Waals surface area contributed by atoms with E-state index in [2.05, 4.69) is 47.9 Å². The Kier molecular flexibility index (Phi) is 4.63. The van der Waals surface area contributed by atoms with E-state index in [9.17, 15) is 0 Å². The van der Waals surface area contributed by atoms with Gasteiger partial charge in [0.05, 0.1) is 6.04 Å². The van der Waals surface area contributed by atoms with Gasteiger partial charge in [-0.15, -0.1) is 0 Å². The van der Waals surface area contributed by atoms with Crippen molar-refractivity contribution in [2.45, 2.75) is 51.2 Å². The second-order valence-electron chi connectivity index (χ2n) is 6.70. The van der Waals surface area contributed by atoms with Gasteiger partial charge in [-0.1, -0.05) is 31.2 Å². The summed E-state index contributed by atoms with van der Waals surface area (Å²) in [5, 5.41) is 0. The smallest absolute Gasteiger partial charge is 0.0502 e. The fourth-order valence-electron chi connectivity index (χ4n) is 4.11. The van der Waals surface area contributed by atoms with E-state index in [4.69, 9.17) is 5.73 Å². The molecule has 2 fully saturated rings. The average molecular weight is 287 g/mol. The van der Waals surface area contributed by atoms with E-state index in [1.165, 1.54) is 43.6 Å². The van der Waals surface area contributed by atoms with Crippen LogP contribution in [0.25, 0.3) is 0 Å². The van der Waals surface area contributed by atoms with Gasteiger partial charge in [0.2, 0.25) is 0 Å². The Bertz CT molecular complexity index is 473. The van der Waals surface area contributed by atoms with Crippen molar-refractivity contribution in [3.63, 3.8) is 0 Å². The van der Waals surface area contributed by atoms with Gasteiger partial charge < -0.3 is 5.73 Å². The molecule has 3 atom stereocenters. The molecule has 1 aromatic rings. The Labute approximate surface area is 129 Å². The first-order chi connectivity index (χ1) is 10.2. The zero-order valence-electron chi connectivity index (χ0n) is 13.5. The van der Waals surface area contributed by atoms with Gasteiger partial charge in [-0.2, -0.15) is 0 Å². The summed E-state index contributed by atoms with van der Waals surface area (Å²) in [5.74, 6) is 0. The molecule has 0 amide bonds. The van der Waals surface area contributed by atoms with Crippen LogP contribution in [0, 0.1) is 6.92 Å². The molecule has 3 unspecified atom stereocenters. The monoisotopic (exact) mass is 287 g/mol. The first kappa shape index (κ1) is 15.0. The largest absolute Gasteiger partial charge is 0.326 e. The molecule has 2 N–H and O–H groups in total. The van der Waals surface area contributed by atoms with Crippen molar-refractivity contribution < 1.29 is 0 Å². The molecule has 0 radical (unpaired) electrons. The minimum Gasteiger partial charge on any atom is -0.326 e. The standard InChI is InChI=1S/C18H29N3/c1-3-17(19)18(16-9-5-4-7-14(16)2)21-12-11-20-10-6-8-15(20)13-21/h4-5,7,9,15,17-18H,3,6,8,10-13,19H2,1-2H3. The highest BCUT2D eigenvalue weighted by Crippen LogP contribution is 2.32. The molecule has 0 aromatic heterocycles. The van der Waals surface area contributed by atoms with E-state index in [0.29, 0.717) is 6.04 Å². The Balaban J connectivity index is 1.84. The molecule has 3 rings (SSSR count). The van der Waals surface area contributed by atoms with Gasteiger partial charge in [0, 0.05) is 31.7 Å². The lowest BCUT2D eigenvalue weighted by molar-refractivity contribution is 0.0606. The van der Waals surface area contributed by atoms with Crippen LogP contribution < -0.4 is 5.73 Å². The predicted molar refractivity (Wildman–Crippen MR) is 88.4 cm³/mol. The van der Waals surface area contributed by atoms with Crippen LogP contribution in [0.15, 0.2) is 24.3 Å². The lowest BCUT2D eigenvalue weighted by atomic mass is 9.92. The van der Waals surface area contributed by atoms with Crippen LogP contribution >= 0.6 is 0 Å². The molecule has 2 aliphatic heterocycles. The summed E-state index contributed by atoms with van der Waals surface area (Å²) in [5.41, 5.74) is 9.34. The Morgan fingerprint density at radius 3 is 2.81 bits per heavy atom. The van der Waals surface area contributed by atoms with Crippen molar-refractivity contribution in [3.8, 4) is 0 Å². The maximum atomic E-state index is 6.53. The number of hydrogen-bond donors (Lipinski definition) is 1. The van der Waals surface area contributed by atoms with Gasteiger partial charge in [-0.05, 0) is 43.9 Å². The minimum atomic E-state index is 0.221. The number of aryl methyl sites for hydroxylation is 1. The van der Waals surface area contributed by atoms with Gasteiger partial charge in [-0.3, -0.25) is 9.80 Å². The highest BCUT2D eigenvalue weighted by atomic mass is 15.3. The summed E-state index contributed by atoms with van der Waals surface area (Å²) >= 11 is 0. The predicted octanol–water partition coefficient (Wildman–Crippen LogP) is 2.55. The summed E-state index contributed by atoms with van der Waals surface area (Å²) in [6.45, 7) is 9.28. The second-order valence-corrected chi connectivity index (χ2v) is 6.70. The third-order valence-electron chi connectivity index (χ3n) is 5.40. The topological polar surface area (TPSA) is 32.5 Å². The van der Waals surface area contributed by atoms with Crippen molar-refractivity contribution >= 4 is 0 Å². The van der Waals surface area contributed by atoms with Gasteiger partial charge >= 0.3 is 0 Å². The maximum absolute atomic E-state index is 6.53. The Morgan fingerprint density at radius 2 is 2.05 bits per heavy atom. The van der Waals surface area contributed by atoms with E-state index in [0.717, 1.165) is 19.0 Å². The van der Waals surface area contributed by atoms with Crippen LogP contribution in [0.2, 0.25) is 0 Å². The number of piperazine rings is 1. The maximum Gasteiger partial charge on any atom is 0.0502 e. The highest BCUT2D eigenvalue weighted by Gasteiger charge is 2.35. The molecule has 2 heterocycles. The minimum absolute atomic E-state index is 0.221. The van der Waals surface area contributed by atoms with E-state index >= 15 is 0 Å². The van der Waals surface area contributed by atoms with Crippen molar-refractivity contribution in [1.82, 2.24) is 9.80 Å². The molecule has 1 aromatic carbocycles. The summed E-state index contributed by atoms with van der Waals surface area (Å²) in [7, 11) is 0. The molecule has 2 aliphatic rings. The molecule has 2 saturated heterocycles. The number of benzene rings is 1. The quantitative estimate of drug-likeness (QED) is 0.924. The van der Waals surface area contributed by atoms with E-state index < -0.39 is 0 Å². The molecule has 0 aliphatic carbocycles. The summed E-state index contributed by atoms with van der Waals surface area (Å²) in [6.07, 6.45) is 3.76. The van der Waals surface area contributed by atoms with Crippen LogP contribution in [0.3, 0.4) is 0 Å². The third-order valence-corrected chi connectivity index (χ3v) is 5.40. The molecule has 0 saturated carbocycles. The lowest BCUT2D eigenvalue weighted by Gasteiger charge is -2.44. The van der Waals surface area contributed by atoms with Crippen LogP contribution in [-0.4, -0.2) is 48.1 Å². The SMILES string of the molecule is CCC(N)C(c1ccccc1C)N1CCN2CCCC2C1. The van der Waals surface area contributed by atoms with Crippen LogP contribution in [-0.2, 0) is 0 Å². The molecule has 3 nitrogen and oxygen atoms in total. The van der Waals surface area contributed by atoms with E-state index in [-0.39, 0.29) is 6.04 Å². The molecule has 116 valence electrons. The van der Waals surface area contributed by atoms with Crippen LogP contribution in [0.5, 0.6) is 0 Å². The van der Waals surface area contributed by atoms with Gasteiger partial charge in [-0.25, -0.2) is 0 Å². The molecule has 3 heteroatoms. The van der Waals surface area contributed by atoms with Crippen LogP contribution in [0.4, 0.5) is 0 Å². The Hall–Kier alpha value is -0.900. The molecule has 21 heavy (non-hydrogen) atoms. The number of fused-ring (bicyclic) bond motifs is 1. The van der Waals surface area contributed by atoms with Crippen molar-refractivity contribution in [1.29, 1.82) is 0 Å². The average Bonchev–Trinajstić information content (AvgIpc) is 2.97. The second kappa shape index (κ2) is 6.47. The Morgan fingerprint density at radius 1 is 1.24 bits per heavy atom. The first-order valence-corrected chi connectivity index (χ1v) is 8.50. The molecular weight excluding hydrogens is 258 g/mol. The third kappa shape index (κ3) is 3.01. The zero-order chi connectivity index (χ0) is 14.8. The van der Waals surface area contributed by atoms with Gasteiger partial charge in [0.1, 0.15) is 0 Å². The summed E-state index contributed by atoms with van der Waals surface area (Å²) in [6, 6.07) is 10.1. The fraction of sp³-hybridized carbons (Fsp3) is 0.667. The molecule has 0 bridgehead atoms. The van der Waals surface area contributed by atoms with Crippen molar-refractivity contribution in [3.05, 3.63) is 35.4 Å². The number of hydrogen-bond acceptors (Lipinski definition) is 3. The summed E-state index contributed by atoms with van der Waals surface area (Å²) in [4.78, 5) is 5.33. The van der Waals surface area contributed by atoms with E-state index in [1.807, 2.05) is 0 Å². The number of rotatable bonds is 4. The molecule has 0 spiro atoms.